The van der Waals surface area contributed by atoms with Crippen LogP contribution >= 0.6 is 22.6 Å². The molecule has 174 valence electrons. The zero-order chi connectivity index (χ0) is 23.9. The summed E-state index contributed by atoms with van der Waals surface area (Å²) in [5, 5.41) is 8.46. The molecule has 0 saturated carbocycles. The van der Waals surface area contributed by atoms with Crippen LogP contribution < -0.4 is 9.47 Å². The van der Waals surface area contributed by atoms with E-state index in [9.17, 15) is 0 Å². The van der Waals surface area contributed by atoms with Gasteiger partial charge in [0, 0.05) is 9.13 Å². The fourth-order valence-electron chi connectivity index (χ4n) is 3.56. The van der Waals surface area contributed by atoms with Crippen LogP contribution in [-0.2, 0) is 19.8 Å². The molecule has 0 saturated heterocycles. The molecule has 0 spiro atoms. The Kier molecular flexibility index (Phi) is 7.28. The molecule has 5 rings (SSSR count). The molecule has 0 fully saturated rings. The van der Waals surface area contributed by atoms with E-state index in [2.05, 4.69) is 42.8 Å². The third-order valence-electron chi connectivity index (χ3n) is 5.33. The van der Waals surface area contributed by atoms with Crippen LogP contribution in [0.15, 0.2) is 97.6 Å². The van der Waals surface area contributed by atoms with Crippen LogP contribution in [0.2, 0.25) is 0 Å². The van der Waals surface area contributed by atoms with E-state index in [0.29, 0.717) is 37.1 Å². The van der Waals surface area contributed by atoms with Crippen LogP contribution in [0.5, 0.6) is 11.6 Å². The van der Waals surface area contributed by atoms with E-state index in [4.69, 9.17) is 9.47 Å². The Bertz CT molecular complexity index is 1380. The van der Waals surface area contributed by atoms with Gasteiger partial charge in [0.1, 0.15) is 31.6 Å². The Labute approximate surface area is 217 Å². The Morgan fingerprint density at radius 2 is 1.40 bits per heavy atom. The smallest absolute Gasteiger partial charge is 0.260 e. The molecule has 35 heavy (non-hydrogen) atoms. The topological polar surface area (TPSA) is 75.0 Å². The number of rotatable bonds is 9. The quantitative estimate of drug-likeness (QED) is 0.215. The van der Waals surface area contributed by atoms with E-state index in [0.717, 1.165) is 26.1 Å². The first-order valence-electron chi connectivity index (χ1n) is 11.1. The second-order valence-corrected chi connectivity index (χ2v) is 9.04. The van der Waals surface area contributed by atoms with Crippen molar-refractivity contribution < 1.29 is 9.47 Å². The standard InChI is InChI=1S/C27H22IN5O2/c28-23-13-11-22(12-14-23)26-32-31-19-33(26)15-24-25(34-16-20-7-3-1-4-8-20)27(30-18-29-24)35-17-21-9-5-2-6-10-21/h1-14,18-19H,15-17H2. The minimum Gasteiger partial charge on any atom is -0.482 e. The fraction of sp³-hybridized carbons (Fsp3) is 0.111. The maximum Gasteiger partial charge on any atom is 0.260 e. The first-order chi connectivity index (χ1) is 17.3. The zero-order valence-electron chi connectivity index (χ0n) is 18.8. The highest BCUT2D eigenvalue weighted by atomic mass is 127. The average Bonchev–Trinajstić information content (AvgIpc) is 3.36. The molecule has 2 heterocycles. The molecule has 0 N–H and O–H groups in total. The van der Waals surface area contributed by atoms with Crippen LogP contribution in [0, 0.1) is 3.57 Å². The van der Waals surface area contributed by atoms with E-state index in [1.807, 2.05) is 89.5 Å². The second-order valence-electron chi connectivity index (χ2n) is 7.79. The molecule has 7 nitrogen and oxygen atoms in total. The maximum atomic E-state index is 6.25. The molecule has 0 unspecified atom stereocenters. The summed E-state index contributed by atoms with van der Waals surface area (Å²) in [5.41, 5.74) is 3.75. The molecular formula is C27H22IN5O2. The van der Waals surface area contributed by atoms with Gasteiger partial charge in [0.2, 0.25) is 5.75 Å². The van der Waals surface area contributed by atoms with Gasteiger partial charge in [0.25, 0.3) is 5.88 Å². The highest BCUT2D eigenvalue weighted by Gasteiger charge is 2.18. The molecule has 0 radical (unpaired) electrons. The van der Waals surface area contributed by atoms with Crippen molar-refractivity contribution in [3.63, 3.8) is 0 Å². The van der Waals surface area contributed by atoms with Gasteiger partial charge in [-0.3, -0.25) is 0 Å². The van der Waals surface area contributed by atoms with E-state index >= 15 is 0 Å². The van der Waals surface area contributed by atoms with Crippen LogP contribution in [0.1, 0.15) is 16.8 Å². The Morgan fingerprint density at radius 3 is 2.09 bits per heavy atom. The van der Waals surface area contributed by atoms with Crippen LogP contribution in [0.4, 0.5) is 0 Å². The molecule has 8 heteroatoms. The highest BCUT2D eigenvalue weighted by Crippen LogP contribution is 2.30. The summed E-state index contributed by atoms with van der Waals surface area (Å²) >= 11 is 2.29. The first-order valence-corrected chi connectivity index (χ1v) is 12.2. The lowest BCUT2D eigenvalue weighted by Gasteiger charge is -2.16. The third kappa shape index (κ3) is 5.83. The fourth-order valence-corrected chi connectivity index (χ4v) is 3.92. The lowest BCUT2D eigenvalue weighted by molar-refractivity contribution is 0.242. The lowest BCUT2D eigenvalue weighted by atomic mass is 10.2. The molecule has 0 amide bonds. The molecule has 3 aromatic carbocycles. The van der Waals surface area contributed by atoms with Crippen LogP contribution in [0.25, 0.3) is 11.4 Å². The van der Waals surface area contributed by atoms with Crippen molar-refractivity contribution in [3.8, 4) is 23.0 Å². The summed E-state index contributed by atoms with van der Waals surface area (Å²) in [6, 6.07) is 28.1. The predicted molar refractivity (Wildman–Crippen MR) is 141 cm³/mol. The molecule has 5 aromatic rings. The van der Waals surface area contributed by atoms with Gasteiger partial charge in [-0.25, -0.2) is 4.98 Å². The number of hydrogen-bond donors (Lipinski definition) is 0. The average molecular weight is 575 g/mol. The predicted octanol–water partition coefficient (Wildman–Crippen LogP) is 5.55. The largest absolute Gasteiger partial charge is 0.482 e. The summed E-state index contributed by atoms with van der Waals surface area (Å²) in [5.74, 6) is 1.66. The van der Waals surface area contributed by atoms with Crippen molar-refractivity contribution in [1.29, 1.82) is 0 Å². The SMILES string of the molecule is Ic1ccc(-c2nncn2Cc2ncnc(OCc3ccccc3)c2OCc2ccccc2)cc1. The number of aromatic nitrogens is 5. The number of nitrogens with zero attached hydrogens (tertiary/aromatic N) is 5. The molecule has 0 aliphatic carbocycles. The van der Waals surface area contributed by atoms with Crippen LogP contribution in [-0.4, -0.2) is 24.7 Å². The molecule has 0 bridgehead atoms. The van der Waals surface area contributed by atoms with E-state index in [-0.39, 0.29) is 0 Å². The van der Waals surface area contributed by atoms with Gasteiger partial charge in [0.05, 0.1) is 6.54 Å². The second kappa shape index (κ2) is 11.1. The number of benzene rings is 3. The van der Waals surface area contributed by atoms with Gasteiger partial charge < -0.3 is 14.0 Å². The molecule has 0 aliphatic heterocycles. The van der Waals surface area contributed by atoms with E-state index in [1.54, 1.807) is 6.33 Å². The molecule has 0 atom stereocenters. The zero-order valence-corrected chi connectivity index (χ0v) is 20.9. The Morgan fingerprint density at radius 1 is 0.743 bits per heavy atom. The number of halogens is 1. The molecule has 0 aliphatic rings. The maximum absolute atomic E-state index is 6.25. The summed E-state index contributed by atoms with van der Waals surface area (Å²) < 4.78 is 15.4. The van der Waals surface area contributed by atoms with Gasteiger partial charge in [0.15, 0.2) is 5.82 Å². The molecular weight excluding hydrogens is 553 g/mol. The van der Waals surface area contributed by atoms with Gasteiger partial charge in [-0.15, -0.1) is 10.2 Å². The lowest BCUT2D eigenvalue weighted by Crippen LogP contribution is -2.10. The first kappa shape index (κ1) is 23.0. The third-order valence-corrected chi connectivity index (χ3v) is 6.05. The highest BCUT2D eigenvalue weighted by molar-refractivity contribution is 14.1. The summed E-state index contributed by atoms with van der Waals surface area (Å²) in [6.45, 7) is 1.15. The van der Waals surface area contributed by atoms with E-state index < -0.39 is 0 Å². The van der Waals surface area contributed by atoms with Crippen molar-refractivity contribution >= 4 is 22.6 Å². The summed E-state index contributed by atoms with van der Waals surface area (Å²) in [7, 11) is 0. The minimum absolute atomic E-state index is 0.370. The molecule has 2 aromatic heterocycles. The Hall–Kier alpha value is -3.79. The normalized spacial score (nSPS) is 10.8. The van der Waals surface area contributed by atoms with Crippen molar-refractivity contribution in [2.75, 3.05) is 0 Å². The number of hydrogen-bond acceptors (Lipinski definition) is 6. The summed E-state index contributed by atoms with van der Waals surface area (Å²) in [6.07, 6.45) is 3.20. The van der Waals surface area contributed by atoms with Crippen molar-refractivity contribution in [2.24, 2.45) is 0 Å². The van der Waals surface area contributed by atoms with Gasteiger partial charge in [-0.1, -0.05) is 72.8 Å². The van der Waals surface area contributed by atoms with E-state index in [1.165, 1.54) is 6.33 Å². The van der Waals surface area contributed by atoms with Crippen molar-refractivity contribution in [1.82, 2.24) is 24.7 Å². The van der Waals surface area contributed by atoms with Crippen molar-refractivity contribution in [3.05, 3.63) is 118 Å². The van der Waals surface area contributed by atoms with Gasteiger partial charge in [-0.05, 0) is 45.9 Å². The monoisotopic (exact) mass is 575 g/mol. The summed E-state index contributed by atoms with van der Waals surface area (Å²) in [4.78, 5) is 8.92. The Balaban J connectivity index is 1.44. The van der Waals surface area contributed by atoms with Gasteiger partial charge >= 0.3 is 0 Å². The number of ether oxygens (including phenoxy) is 2. The van der Waals surface area contributed by atoms with Crippen molar-refractivity contribution in [2.45, 2.75) is 19.8 Å². The van der Waals surface area contributed by atoms with Gasteiger partial charge in [-0.2, -0.15) is 4.98 Å². The minimum atomic E-state index is 0.370. The van der Waals surface area contributed by atoms with Crippen LogP contribution in [0.3, 0.4) is 0 Å².